The fraction of sp³-hybridized carbons (Fsp3) is 0.500. The molecule has 1 heterocycles. The molecule has 0 aromatic heterocycles. The van der Waals surface area contributed by atoms with E-state index in [1.165, 1.54) is 0 Å². The van der Waals surface area contributed by atoms with Crippen molar-refractivity contribution in [2.45, 2.75) is 38.1 Å². The Balaban J connectivity index is 1.67. The molecule has 0 radical (unpaired) electrons. The third kappa shape index (κ3) is 3.04. The third-order valence-corrected chi connectivity index (χ3v) is 4.59. The normalized spacial score (nSPS) is 22.0. The van der Waals surface area contributed by atoms with Gasteiger partial charge in [0.2, 0.25) is 11.8 Å². The Hall–Kier alpha value is -2.05. The second-order valence-electron chi connectivity index (χ2n) is 6.10. The van der Waals surface area contributed by atoms with Crippen LogP contribution in [-0.2, 0) is 9.59 Å². The summed E-state index contributed by atoms with van der Waals surface area (Å²) in [6.07, 6.45) is 4.10. The number of halogens is 3. The molecule has 1 aliphatic carbocycles. The Morgan fingerprint density at radius 1 is 1.13 bits per heavy atom. The Kier molecular flexibility index (Phi) is 4.28. The van der Waals surface area contributed by atoms with Crippen molar-refractivity contribution in [3.8, 4) is 0 Å². The van der Waals surface area contributed by atoms with E-state index in [1.54, 1.807) is 4.90 Å². The van der Waals surface area contributed by atoms with Crippen molar-refractivity contribution in [2.75, 3.05) is 11.9 Å². The first-order chi connectivity index (χ1) is 11.0. The molecular weight excluding hydrogens is 309 g/mol. The zero-order valence-electron chi connectivity index (χ0n) is 12.4. The van der Waals surface area contributed by atoms with Crippen LogP contribution in [0.15, 0.2) is 12.1 Å². The molecular formula is C16H17F3N2O2. The van der Waals surface area contributed by atoms with E-state index in [9.17, 15) is 22.8 Å². The van der Waals surface area contributed by atoms with Crippen LogP contribution in [0.3, 0.4) is 0 Å². The number of hydrogen-bond acceptors (Lipinski definition) is 2. The lowest BCUT2D eigenvalue weighted by Crippen LogP contribution is -2.35. The summed E-state index contributed by atoms with van der Waals surface area (Å²) in [6, 6.07) is 1.90. The van der Waals surface area contributed by atoms with Crippen molar-refractivity contribution < 1.29 is 22.8 Å². The molecule has 1 aromatic rings. The van der Waals surface area contributed by atoms with Gasteiger partial charge in [-0.15, -0.1) is 0 Å². The minimum Gasteiger partial charge on any atom is -0.339 e. The van der Waals surface area contributed by atoms with Crippen molar-refractivity contribution in [3.63, 3.8) is 0 Å². The molecule has 1 atom stereocenters. The van der Waals surface area contributed by atoms with Crippen molar-refractivity contribution in [2.24, 2.45) is 5.92 Å². The lowest BCUT2D eigenvalue weighted by Gasteiger charge is -2.23. The summed E-state index contributed by atoms with van der Waals surface area (Å²) in [5, 5.41) is 2.25. The molecule has 1 aromatic carbocycles. The van der Waals surface area contributed by atoms with E-state index in [4.69, 9.17) is 0 Å². The van der Waals surface area contributed by atoms with Crippen molar-refractivity contribution in [3.05, 3.63) is 29.6 Å². The zero-order chi connectivity index (χ0) is 16.6. The highest BCUT2D eigenvalue weighted by atomic mass is 19.2. The quantitative estimate of drug-likeness (QED) is 0.869. The largest absolute Gasteiger partial charge is 0.339 e. The Bertz CT molecular complexity index is 644. The van der Waals surface area contributed by atoms with Gasteiger partial charge in [-0.2, -0.15) is 0 Å². The minimum absolute atomic E-state index is 0.0631. The number of rotatable bonds is 3. The van der Waals surface area contributed by atoms with Crippen LogP contribution in [0.1, 0.15) is 32.1 Å². The SMILES string of the molecule is O=C(Nc1ccc(F)c(F)c1F)[C@H]1CC(=O)N(C2CCCC2)C1. The maximum Gasteiger partial charge on any atom is 0.229 e. The average molecular weight is 326 g/mol. The highest BCUT2D eigenvalue weighted by molar-refractivity contribution is 5.97. The van der Waals surface area contributed by atoms with Crippen LogP contribution in [0.2, 0.25) is 0 Å². The molecule has 1 saturated heterocycles. The molecule has 0 unspecified atom stereocenters. The molecule has 124 valence electrons. The minimum atomic E-state index is -1.63. The lowest BCUT2D eigenvalue weighted by atomic mass is 10.1. The summed E-state index contributed by atoms with van der Waals surface area (Å²) in [6.45, 7) is 0.292. The van der Waals surface area contributed by atoms with E-state index >= 15 is 0 Å². The maximum atomic E-state index is 13.6. The van der Waals surface area contributed by atoms with E-state index in [0.717, 1.165) is 37.8 Å². The first-order valence-corrected chi connectivity index (χ1v) is 7.71. The van der Waals surface area contributed by atoms with Gasteiger partial charge < -0.3 is 10.2 Å². The number of nitrogens with zero attached hydrogens (tertiary/aromatic N) is 1. The van der Waals surface area contributed by atoms with Gasteiger partial charge in [0.05, 0.1) is 11.6 Å². The number of amides is 2. The smallest absolute Gasteiger partial charge is 0.229 e. The topological polar surface area (TPSA) is 49.4 Å². The summed E-state index contributed by atoms with van der Waals surface area (Å²) in [5.74, 6) is -5.61. The maximum absolute atomic E-state index is 13.6. The number of carbonyl (C=O) groups excluding carboxylic acids is 2. The predicted molar refractivity (Wildman–Crippen MR) is 77.0 cm³/mol. The van der Waals surface area contributed by atoms with Gasteiger partial charge in [0.15, 0.2) is 17.5 Å². The van der Waals surface area contributed by atoms with Crippen molar-refractivity contribution >= 4 is 17.5 Å². The molecule has 1 aliphatic heterocycles. The molecule has 1 N–H and O–H groups in total. The second kappa shape index (κ2) is 6.22. The van der Waals surface area contributed by atoms with E-state index in [1.807, 2.05) is 0 Å². The number of likely N-dealkylation sites (tertiary alicyclic amines) is 1. The van der Waals surface area contributed by atoms with Crippen LogP contribution < -0.4 is 5.32 Å². The molecule has 4 nitrogen and oxygen atoms in total. The number of carbonyl (C=O) groups is 2. The molecule has 3 rings (SSSR count). The molecule has 2 amide bonds. The molecule has 7 heteroatoms. The van der Waals surface area contributed by atoms with E-state index < -0.39 is 35.0 Å². The molecule has 0 spiro atoms. The predicted octanol–water partition coefficient (Wildman–Crippen LogP) is 2.83. The Morgan fingerprint density at radius 3 is 2.52 bits per heavy atom. The Morgan fingerprint density at radius 2 is 1.83 bits per heavy atom. The van der Waals surface area contributed by atoms with E-state index in [2.05, 4.69) is 5.32 Å². The highest BCUT2D eigenvalue weighted by Gasteiger charge is 2.38. The number of nitrogens with one attached hydrogen (secondary N) is 1. The molecule has 0 bridgehead atoms. The summed E-state index contributed by atoms with van der Waals surface area (Å²) in [7, 11) is 0. The number of hydrogen-bond donors (Lipinski definition) is 1. The Labute approximate surface area is 131 Å². The summed E-state index contributed by atoms with van der Waals surface area (Å²) in [4.78, 5) is 26.0. The van der Waals surface area contributed by atoms with Crippen LogP contribution >= 0.6 is 0 Å². The van der Waals surface area contributed by atoms with Gasteiger partial charge >= 0.3 is 0 Å². The fourth-order valence-electron chi connectivity index (χ4n) is 3.33. The summed E-state index contributed by atoms with van der Waals surface area (Å²) in [5.41, 5.74) is -0.416. The van der Waals surface area contributed by atoms with Gasteiger partial charge in [0.25, 0.3) is 0 Å². The van der Waals surface area contributed by atoms with Crippen LogP contribution in [0, 0.1) is 23.4 Å². The first kappa shape index (κ1) is 15.8. The monoisotopic (exact) mass is 326 g/mol. The van der Waals surface area contributed by atoms with E-state index in [0.29, 0.717) is 6.54 Å². The van der Waals surface area contributed by atoms with Gasteiger partial charge in [-0.05, 0) is 25.0 Å². The van der Waals surface area contributed by atoms with Crippen LogP contribution in [0.25, 0.3) is 0 Å². The molecule has 2 fully saturated rings. The van der Waals surface area contributed by atoms with Gasteiger partial charge in [0.1, 0.15) is 0 Å². The third-order valence-electron chi connectivity index (χ3n) is 4.59. The number of anilines is 1. The molecule has 2 aliphatic rings. The fourth-order valence-corrected chi connectivity index (χ4v) is 3.33. The van der Waals surface area contributed by atoms with Gasteiger partial charge in [-0.3, -0.25) is 9.59 Å². The summed E-state index contributed by atoms with van der Waals surface area (Å²) < 4.78 is 39.7. The average Bonchev–Trinajstić information content (AvgIpc) is 3.17. The zero-order valence-corrected chi connectivity index (χ0v) is 12.4. The number of benzene rings is 1. The van der Waals surface area contributed by atoms with Crippen molar-refractivity contribution in [1.82, 2.24) is 4.90 Å². The first-order valence-electron chi connectivity index (χ1n) is 7.71. The molecule has 23 heavy (non-hydrogen) atoms. The van der Waals surface area contributed by atoms with E-state index in [-0.39, 0.29) is 18.4 Å². The van der Waals surface area contributed by atoms with Gasteiger partial charge in [-0.1, -0.05) is 12.8 Å². The highest BCUT2D eigenvalue weighted by Crippen LogP contribution is 2.30. The lowest BCUT2D eigenvalue weighted by molar-refractivity contribution is -0.129. The standard InChI is InChI=1S/C16H17F3N2O2/c17-11-5-6-12(15(19)14(11)18)20-16(23)9-7-13(22)21(8-9)10-3-1-2-4-10/h5-6,9-10H,1-4,7-8H2,(H,20,23)/t9-/m0/s1. The van der Waals surface area contributed by atoms with Crippen LogP contribution in [0.5, 0.6) is 0 Å². The van der Waals surface area contributed by atoms with Crippen LogP contribution in [-0.4, -0.2) is 29.3 Å². The molecule has 1 saturated carbocycles. The van der Waals surface area contributed by atoms with Crippen molar-refractivity contribution in [1.29, 1.82) is 0 Å². The second-order valence-corrected chi connectivity index (χ2v) is 6.10. The van der Waals surface area contributed by atoms with Gasteiger partial charge in [0, 0.05) is 19.0 Å². The summed E-state index contributed by atoms with van der Waals surface area (Å²) >= 11 is 0. The van der Waals surface area contributed by atoms with Gasteiger partial charge in [-0.25, -0.2) is 13.2 Å². The van der Waals surface area contributed by atoms with Crippen LogP contribution in [0.4, 0.5) is 18.9 Å².